The summed E-state index contributed by atoms with van der Waals surface area (Å²) < 4.78 is 14.9. The Bertz CT molecular complexity index is 392. The second-order valence-corrected chi connectivity index (χ2v) is 4.42. The van der Waals surface area contributed by atoms with E-state index in [1.165, 1.54) is 24.1 Å². The number of methoxy groups -OCH3 is 1. The molecule has 0 radical (unpaired) electrons. The normalized spacial score (nSPS) is 13.7. The molecule has 102 valence electrons. The third-order valence-electron chi connectivity index (χ3n) is 2.90. The molecule has 1 aliphatic carbocycles. The van der Waals surface area contributed by atoms with Crippen molar-refractivity contribution in [1.29, 1.82) is 0 Å². The Hall–Kier alpha value is -1.39. The summed E-state index contributed by atoms with van der Waals surface area (Å²) in [7, 11) is 6.09. The molecule has 0 amide bonds. The summed E-state index contributed by atoms with van der Waals surface area (Å²) in [5.74, 6) is 2.12. The highest BCUT2D eigenvalue weighted by molar-refractivity contribution is 5.42. The molecular weight excluding hydrogens is 233 g/mol. The minimum Gasteiger partial charge on any atom is -0.481 e. The quantitative estimate of drug-likeness (QED) is 0.829. The highest BCUT2D eigenvalue weighted by atomic mass is 19.1. The second kappa shape index (κ2) is 6.52. The smallest absolute Gasteiger partial charge is 0.228 e. The molecular formula is C13H22FN3O. The molecule has 0 unspecified atom stereocenters. The van der Waals surface area contributed by atoms with Crippen LogP contribution < -0.4 is 9.64 Å². The summed E-state index contributed by atoms with van der Waals surface area (Å²) >= 11 is 0. The summed E-state index contributed by atoms with van der Waals surface area (Å²) in [4.78, 5) is 11.0. The van der Waals surface area contributed by atoms with E-state index >= 15 is 0 Å². The number of aromatic nitrogens is 2. The number of nitrogens with zero attached hydrogens (tertiary/aromatic N) is 3. The van der Waals surface area contributed by atoms with Crippen molar-refractivity contribution < 1.29 is 9.13 Å². The van der Waals surface area contributed by atoms with Gasteiger partial charge >= 0.3 is 0 Å². The van der Waals surface area contributed by atoms with Crippen molar-refractivity contribution in [2.45, 2.75) is 32.1 Å². The molecule has 1 saturated carbocycles. The maximum atomic E-state index is 9.50. The summed E-state index contributed by atoms with van der Waals surface area (Å²) in [6, 6.07) is 0. The predicted octanol–water partition coefficient (Wildman–Crippen LogP) is 2.58. The molecule has 0 saturated heterocycles. The molecule has 1 aromatic rings. The molecule has 1 aromatic heterocycles. The number of halogens is 1. The molecule has 0 aliphatic heterocycles. The predicted molar refractivity (Wildman–Crippen MR) is 71.3 cm³/mol. The van der Waals surface area contributed by atoms with E-state index in [-0.39, 0.29) is 0 Å². The molecule has 1 heterocycles. The first-order valence-corrected chi connectivity index (χ1v) is 6.17. The van der Waals surface area contributed by atoms with E-state index in [0.717, 1.165) is 18.2 Å². The molecule has 18 heavy (non-hydrogen) atoms. The lowest BCUT2D eigenvalue weighted by atomic mass is 10.1. The third kappa shape index (κ3) is 3.09. The lowest BCUT2D eigenvalue weighted by molar-refractivity contribution is 0.390. The number of hydrogen-bond donors (Lipinski definition) is 0. The van der Waals surface area contributed by atoms with Crippen molar-refractivity contribution in [1.82, 2.24) is 9.97 Å². The molecule has 2 rings (SSSR count). The van der Waals surface area contributed by atoms with Crippen LogP contribution in [0.2, 0.25) is 0 Å². The third-order valence-corrected chi connectivity index (χ3v) is 2.90. The molecule has 0 atom stereocenters. The Morgan fingerprint density at radius 3 is 2.28 bits per heavy atom. The van der Waals surface area contributed by atoms with Gasteiger partial charge in [0.1, 0.15) is 0 Å². The van der Waals surface area contributed by atoms with E-state index in [1.807, 2.05) is 19.0 Å². The lowest BCUT2D eigenvalue weighted by Gasteiger charge is -2.16. The zero-order chi connectivity index (χ0) is 13.7. The van der Waals surface area contributed by atoms with Gasteiger partial charge in [-0.1, -0.05) is 6.92 Å². The van der Waals surface area contributed by atoms with Crippen molar-refractivity contribution in [2.24, 2.45) is 0 Å². The average molecular weight is 255 g/mol. The van der Waals surface area contributed by atoms with Crippen molar-refractivity contribution >= 4 is 5.95 Å². The van der Waals surface area contributed by atoms with Crippen LogP contribution in [-0.4, -0.2) is 38.4 Å². The minimum atomic E-state index is 0.500. The molecule has 0 bridgehead atoms. The monoisotopic (exact) mass is 255 g/mol. The molecule has 0 N–H and O–H groups in total. The zero-order valence-electron chi connectivity index (χ0n) is 11.8. The van der Waals surface area contributed by atoms with E-state index in [2.05, 4.69) is 16.9 Å². The van der Waals surface area contributed by atoms with Crippen LogP contribution in [0.3, 0.4) is 0 Å². The molecule has 1 aliphatic rings. The fourth-order valence-electron chi connectivity index (χ4n) is 1.86. The maximum absolute atomic E-state index is 9.50. The standard InChI is InChI=1S/C12H19N3O.CH3F/c1-5-9-10(8-6-7-8)13-12(15(2)3)14-11(9)16-4;1-2/h8H,5-7H2,1-4H3;1H3. The number of alkyl halides is 1. The zero-order valence-corrected chi connectivity index (χ0v) is 11.8. The van der Waals surface area contributed by atoms with Gasteiger partial charge in [0.15, 0.2) is 0 Å². The number of rotatable bonds is 4. The fraction of sp³-hybridized carbons (Fsp3) is 0.692. The lowest BCUT2D eigenvalue weighted by Crippen LogP contribution is -2.15. The Morgan fingerprint density at radius 2 is 1.89 bits per heavy atom. The van der Waals surface area contributed by atoms with Crippen LogP contribution in [0.1, 0.15) is 36.9 Å². The Kier molecular flexibility index (Phi) is 5.31. The Balaban J connectivity index is 0.000000771. The van der Waals surface area contributed by atoms with Crippen LogP contribution in [0.4, 0.5) is 10.3 Å². The summed E-state index contributed by atoms with van der Waals surface area (Å²) in [6.45, 7) is 2.13. The van der Waals surface area contributed by atoms with Gasteiger partial charge in [-0.15, -0.1) is 0 Å². The second-order valence-electron chi connectivity index (χ2n) is 4.42. The van der Waals surface area contributed by atoms with Crippen molar-refractivity contribution in [2.75, 3.05) is 33.3 Å². The van der Waals surface area contributed by atoms with Gasteiger partial charge in [-0.3, -0.25) is 4.39 Å². The van der Waals surface area contributed by atoms with Gasteiger partial charge in [0.2, 0.25) is 11.8 Å². The summed E-state index contributed by atoms with van der Waals surface area (Å²) in [5, 5.41) is 0. The van der Waals surface area contributed by atoms with Crippen LogP contribution >= 0.6 is 0 Å². The van der Waals surface area contributed by atoms with Crippen LogP contribution in [0.25, 0.3) is 0 Å². The number of anilines is 1. The maximum Gasteiger partial charge on any atom is 0.228 e. The first-order valence-electron chi connectivity index (χ1n) is 6.17. The van der Waals surface area contributed by atoms with Gasteiger partial charge in [-0.05, 0) is 19.3 Å². The largest absolute Gasteiger partial charge is 0.481 e. The van der Waals surface area contributed by atoms with E-state index < -0.39 is 0 Å². The Labute approximate surface area is 108 Å². The average Bonchev–Trinajstić information content (AvgIpc) is 3.23. The molecule has 0 aromatic carbocycles. The van der Waals surface area contributed by atoms with Gasteiger partial charge in [0.25, 0.3) is 0 Å². The molecule has 5 heteroatoms. The van der Waals surface area contributed by atoms with E-state index in [0.29, 0.717) is 13.1 Å². The van der Waals surface area contributed by atoms with Gasteiger partial charge in [0.05, 0.1) is 20.0 Å². The molecule has 4 nitrogen and oxygen atoms in total. The van der Waals surface area contributed by atoms with Crippen LogP contribution in [0.15, 0.2) is 0 Å². The van der Waals surface area contributed by atoms with E-state index in [1.54, 1.807) is 7.11 Å². The first-order chi connectivity index (χ1) is 8.67. The van der Waals surface area contributed by atoms with Crippen LogP contribution in [0, 0.1) is 0 Å². The van der Waals surface area contributed by atoms with Gasteiger partial charge < -0.3 is 9.64 Å². The van der Waals surface area contributed by atoms with Gasteiger partial charge in [-0.25, -0.2) is 4.98 Å². The van der Waals surface area contributed by atoms with Gasteiger partial charge in [0, 0.05) is 25.6 Å². The van der Waals surface area contributed by atoms with Crippen molar-refractivity contribution in [3.05, 3.63) is 11.3 Å². The highest BCUT2D eigenvalue weighted by Gasteiger charge is 2.30. The molecule has 1 fully saturated rings. The topological polar surface area (TPSA) is 38.2 Å². The SMILES string of the molecule is CCc1c(OC)nc(N(C)C)nc1C1CC1.CF. The number of ether oxygens (including phenoxy) is 1. The summed E-state index contributed by atoms with van der Waals surface area (Å²) in [6.07, 6.45) is 3.43. The first kappa shape index (κ1) is 14.7. The van der Waals surface area contributed by atoms with E-state index in [4.69, 9.17) is 4.74 Å². The van der Waals surface area contributed by atoms with Crippen molar-refractivity contribution in [3.8, 4) is 5.88 Å². The van der Waals surface area contributed by atoms with Crippen molar-refractivity contribution in [3.63, 3.8) is 0 Å². The number of hydrogen-bond acceptors (Lipinski definition) is 4. The van der Waals surface area contributed by atoms with E-state index in [9.17, 15) is 4.39 Å². The minimum absolute atomic E-state index is 0.500. The fourth-order valence-corrected chi connectivity index (χ4v) is 1.86. The molecule has 0 spiro atoms. The van der Waals surface area contributed by atoms with Crippen LogP contribution in [-0.2, 0) is 6.42 Å². The van der Waals surface area contributed by atoms with Gasteiger partial charge in [-0.2, -0.15) is 4.98 Å². The summed E-state index contributed by atoms with van der Waals surface area (Å²) in [5.41, 5.74) is 2.37. The highest BCUT2D eigenvalue weighted by Crippen LogP contribution is 2.42. The Morgan fingerprint density at radius 1 is 1.28 bits per heavy atom. The van der Waals surface area contributed by atoms with Crippen LogP contribution in [0.5, 0.6) is 5.88 Å².